The Bertz CT molecular complexity index is 1050. The lowest BCUT2D eigenvalue weighted by Crippen LogP contribution is -2.48. The largest absolute Gasteiger partial charge is 0.389 e. The van der Waals surface area contributed by atoms with Gasteiger partial charge in [0.2, 0.25) is 5.91 Å². The molecule has 1 fully saturated rings. The molecule has 204 valence electrons. The fourth-order valence-corrected chi connectivity index (χ4v) is 5.65. The molecule has 1 heterocycles. The number of imidazole rings is 1. The first-order chi connectivity index (χ1) is 17.8. The van der Waals surface area contributed by atoms with E-state index in [9.17, 15) is 18.7 Å². The number of aromatic nitrogens is 2. The number of carbonyl (C=O) groups excluding carboxylic acids is 1. The lowest BCUT2D eigenvalue weighted by Gasteiger charge is -2.32. The monoisotopic (exact) mass is 517 g/mol. The van der Waals surface area contributed by atoms with Crippen LogP contribution < -0.4 is 16.0 Å². The molecule has 1 amide bonds. The molecule has 4 N–H and O–H groups in total. The molecule has 2 aliphatic carbocycles. The van der Waals surface area contributed by atoms with Crippen LogP contribution in [0.4, 0.5) is 14.6 Å². The summed E-state index contributed by atoms with van der Waals surface area (Å²) in [5, 5.41) is 20.4. The molecule has 0 spiro atoms. The number of nitrogens with one attached hydrogen (secondary N) is 3. The highest BCUT2D eigenvalue weighted by atomic mass is 19.1. The number of hydrogen-bond donors (Lipinski definition) is 4. The predicted molar refractivity (Wildman–Crippen MR) is 140 cm³/mol. The average Bonchev–Trinajstić information content (AvgIpc) is 3.33. The third-order valence-electron chi connectivity index (χ3n) is 7.84. The molecular weight excluding hydrogens is 476 g/mol. The SMILES string of the molecule is CCC[C@H](NC1CCc2cc(F)cc(F)c2C1)C(=O)Nc1cn(C(C)CNCC2(O)CCCCC2)cn1. The van der Waals surface area contributed by atoms with Crippen LogP contribution in [0.15, 0.2) is 24.7 Å². The number of halogens is 2. The third kappa shape index (κ3) is 7.36. The maximum absolute atomic E-state index is 14.3. The van der Waals surface area contributed by atoms with Crippen molar-refractivity contribution in [1.29, 1.82) is 0 Å². The van der Waals surface area contributed by atoms with Crippen LogP contribution in [0.1, 0.15) is 82.4 Å². The lowest BCUT2D eigenvalue weighted by atomic mass is 9.85. The van der Waals surface area contributed by atoms with Crippen molar-refractivity contribution in [3.8, 4) is 0 Å². The van der Waals surface area contributed by atoms with E-state index < -0.39 is 23.3 Å². The Morgan fingerprint density at radius 2 is 2.05 bits per heavy atom. The van der Waals surface area contributed by atoms with Crippen LogP contribution in [0.5, 0.6) is 0 Å². The van der Waals surface area contributed by atoms with Gasteiger partial charge in [-0.1, -0.05) is 32.6 Å². The smallest absolute Gasteiger partial charge is 0.242 e. The van der Waals surface area contributed by atoms with Gasteiger partial charge >= 0.3 is 0 Å². The minimum atomic E-state index is -0.601. The van der Waals surface area contributed by atoms with E-state index in [0.29, 0.717) is 49.3 Å². The summed E-state index contributed by atoms with van der Waals surface area (Å²) in [5.74, 6) is -0.735. The Balaban J connectivity index is 1.29. The number of rotatable bonds is 11. The van der Waals surface area contributed by atoms with Crippen LogP contribution >= 0.6 is 0 Å². The summed E-state index contributed by atoms with van der Waals surface area (Å²) in [7, 11) is 0. The van der Waals surface area contributed by atoms with Gasteiger partial charge in [0, 0.05) is 37.4 Å². The quantitative estimate of drug-likeness (QED) is 0.358. The predicted octanol–water partition coefficient (Wildman–Crippen LogP) is 4.26. The second kappa shape index (κ2) is 12.5. The maximum Gasteiger partial charge on any atom is 0.242 e. The second-order valence-corrected chi connectivity index (χ2v) is 10.9. The van der Waals surface area contributed by atoms with Crippen molar-refractivity contribution in [3.05, 3.63) is 47.4 Å². The highest BCUT2D eigenvalue weighted by Gasteiger charge is 2.29. The van der Waals surface area contributed by atoms with Crippen LogP contribution in [0.3, 0.4) is 0 Å². The first-order valence-electron chi connectivity index (χ1n) is 13.8. The van der Waals surface area contributed by atoms with E-state index in [1.807, 2.05) is 17.7 Å². The molecular formula is C28H41F2N5O2. The summed E-state index contributed by atoms with van der Waals surface area (Å²) >= 11 is 0. The molecule has 37 heavy (non-hydrogen) atoms. The zero-order chi connectivity index (χ0) is 26.4. The van der Waals surface area contributed by atoms with Gasteiger partial charge in [-0.05, 0) is 62.6 Å². The van der Waals surface area contributed by atoms with E-state index >= 15 is 0 Å². The van der Waals surface area contributed by atoms with Gasteiger partial charge in [-0.3, -0.25) is 4.79 Å². The van der Waals surface area contributed by atoms with E-state index in [4.69, 9.17) is 0 Å². The van der Waals surface area contributed by atoms with E-state index in [1.54, 1.807) is 6.33 Å². The summed E-state index contributed by atoms with van der Waals surface area (Å²) in [5.41, 5.74) is 0.655. The summed E-state index contributed by atoms with van der Waals surface area (Å²) in [6.07, 6.45) is 11.8. The number of anilines is 1. The van der Waals surface area contributed by atoms with Crippen molar-refractivity contribution in [2.45, 2.75) is 102 Å². The van der Waals surface area contributed by atoms with Gasteiger partial charge in [0.25, 0.3) is 0 Å². The summed E-state index contributed by atoms with van der Waals surface area (Å²) < 4.78 is 29.8. The fraction of sp³-hybridized carbons (Fsp3) is 0.643. The van der Waals surface area contributed by atoms with Gasteiger partial charge in [-0.25, -0.2) is 13.8 Å². The van der Waals surface area contributed by atoms with E-state index in [0.717, 1.165) is 44.6 Å². The molecule has 4 rings (SSSR count). The molecule has 9 heteroatoms. The second-order valence-electron chi connectivity index (χ2n) is 10.9. The highest BCUT2D eigenvalue weighted by molar-refractivity contribution is 5.94. The normalized spacial score (nSPS) is 20.7. The standard InChI is InChI=1S/C28H41F2N5O2/c1-3-7-25(33-22-9-8-20-12-21(29)13-24(30)23(20)14-22)27(36)34-26-16-35(18-32-26)19(2)15-31-17-28(37)10-5-4-6-11-28/h12-13,16,18-19,22,25,31,33,37H,3-11,14-15,17H2,1-2H3,(H,34,36)/t19?,22?,25-/m0/s1. The summed E-state index contributed by atoms with van der Waals surface area (Å²) in [4.78, 5) is 17.5. The fourth-order valence-electron chi connectivity index (χ4n) is 5.65. The Labute approximate surface area is 218 Å². The van der Waals surface area contributed by atoms with Crippen molar-refractivity contribution in [2.24, 2.45) is 0 Å². The number of fused-ring (bicyclic) bond motifs is 1. The first-order valence-corrected chi connectivity index (χ1v) is 13.8. The number of hydrogen-bond acceptors (Lipinski definition) is 5. The van der Waals surface area contributed by atoms with Crippen molar-refractivity contribution < 1.29 is 18.7 Å². The molecule has 1 saturated carbocycles. The third-order valence-corrected chi connectivity index (χ3v) is 7.84. The summed E-state index contributed by atoms with van der Waals surface area (Å²) in [6.45, 7) is 5.37. The Hall–Kier alpha value is -2.36. The molecule has 2 aromatic rings. The van der Waals surface area contributed by atoms with Gasteiger partial charge in [-0.2, -0.15) is 0 Å². The van der Waals surface area contributed by atoms with E-state index in [-0.39, 0.29) is 18.0 Å². The summed E-state index contributed by atoms with van der Waals surface area (Å²) in [6, 6.07) is 1.97. The first kappa shape index (κ1) is 27.7. The number of nitrogens with zero attached hydrogens (tertiary/aromatic N) is 2. The van der Waals surface area contributed by atoms with Crippen LogP contribution in [0, 0.1) is 11.6 Å². The highest BCUT2D eigenvalue weighted by Crippen LogP contribution is 2.28. The lowest BCUT2D eigenvalue weighted by molar-refractivity contribution is -0.118. The molecule has 0 saturated heterocycles. The van der Waals surface area contributed by atoms with Crippen LogP contribution in [0.2, 0.25) is 0 Å². The molecule has 1 aromatic carbocycles. The van der Waals surface area contributed by atoms with Crippen LogP contribution in [0.25, 0.3) is 0 Å². The van der Waals surface area contributed by atoms with Crippen molar-refractivity contribution in [3.63, 3.8) is 0 Å². The van der Waals surface area contributed by atoms with Crippen molar-refractivity contribution >= 4 is 11.7 Å². The van der Waals surface area contributed by atoms with E-state index in [2.05, 4.69) is 27.9 Å². The molecule has 0 bridgehead atoms. The number of amides is 1. The average molecular weight is 518 g/mol. The van der Waals surface area contributed by atoms with Crippen LogP contribution in [-0.2, 0) is 17.6 Å². The maximum atomic E-state index is 14.3. The van der Waals surface area contributed by atoms with Crippen molar-refractivity contribution in [1.82, 2.24) is 20.2 Å². The Morgan fingerprint density at radius 3 is 2.81 bits per heavy atom. The molecule has 0 radical (unpaired) electrons. The molecule has 0 aliphatic heterocycles. The topological polar surface area (TPSA) is 91.2 Å². The number of aryl methyl sites for hydroxylation is 1. The van der Waals surface area contributed by atoms with Crippen molar-refractivity contribution in [2.75, 3.05) is 18.4 Å². The number of benzene rings is 1. The number of aliphatic hydroxyl groups is 1. The molecule has 2 unspecified atom stereocenters. The Kier molecular flexibility index (Phi) is 9.31. The van der Waals surface area contributed by atoms with E-state index in [1.165, 1.54) is 12.5 Å². The zero-order valence-electron chi connectivity index (χ0n) is 22.0. The molecule has 1 aromatic heterocycles. The van der Waals surface area contributed by atoms with Gasteiger partial charge < -0.3 is 25.6 Å². The van der Waals surface area contributed by atoms with Gasteiger partial charge in [0.15, 0.2) is 5.82 Å². The Morgan fingerprint density at radius 1 is 1.27 bits per heavy atom. The molecule has 7 nitrogen and oxygen atoms in total. The molecule has 3 atom stereocenters. The zero-order valence-corrected chi connectivity index (χ0v) is 22.0. The van der Waals surface area contributed by atoms with Gasteiger partial charge in [0.05, 0.1) is 18.0 Å². The van der Waals surface area contributed by atoms with Gasteiger partial charge in [0.1, 0.15) is 11.6 Å². The molecule has 2 aliphatic rings. The van der Waals surface area contributed by atoms with Gasteiger partial charge in [-0.15, -0.1) is 0 Å². The number of carbonyl (C=O) groups is 1. The minimum Gasteiger partial charge on any atom is -0.389 e. The van der Waals surface area contributed by atoms with Crippen LogP contribution in [-0.4, -0.2) is 51.3 Å². The minimum absolute atomic E-state index is 0.0580.